The van der Waals surface area contributed by atoms with Gasteiger partial charge in [-0.1, -0.05) is 29.8 Å². The van der Waals surface area contributed by atoms with Gasteiger partial charge >= 0.3 is 0 Å². The maximum Gasteiger partial charge on any atom is 0.222 e. The lowest BCUT2D eigenvalue weighted by Crippen LogP contribution is -2.38. The second-order valence-corrected chi connectivity index (χ2v) is 6.42. The van der Waals surface area contributed by atoms with E-state index in [2.05, 4.69) is 55.4 Å². The van der Waals surface area contributed by atoms with Crippen molar-refractivity contribution in [1.82, 2.24) is 15.1 Å². The van der Waals surface area contributed by atoms with Crippen LogP contribution >= 0.6 is 0 Å². The van der Waals surface area contributed by atoms with Gasteiger partial charge < -0.3 is 15.1 Å². The molecule has 0 atom stereocenters. The number of hydrogen-bond acceptors (Lipinski definition) is 2. The fraction of sp³-hybridized carbons (Fsp3) is 0.579. The molecule has 2 rings (SSSR count). The number of carbonyl (C=O) groups is 1. The molecule has 0 radical (unpaired) electrons. The molecule has 1 fully saturated rings. The Hall–Kier alpha value is -2.04. The number of aryl methyl sites for hydroxylation is 1. The highest BCUT2D eigenvalue weighted by molar-refractivity contribution is 5.79. The van der Waals surface area contributed by atoms with E-state index in [-0.39, 0.29) is 0 Å². The Bertz CT molecular complexity index is 553. The molecule has 0 bridgehead atoms. The van der Waals surface area contributed by atoms with Crippen LogP contribution in [0, 0.1) is 6.92 Å². The summed E-state index contributed by atoms with van der Waals surface area (Å²) in [4.78, 5) is 20.4. The van der Waals surface area contributed by atoms with E-state index in [1.807, 2.05) is 4.90 Å². The summed E-state index contributed by atoms with van der Waals surface area (Å²) >= 11 is 0. The number of hydrogen-bond donors (Lipinski definition) is 1. The minimum Gasteiger partial charge on any atom is -0.357 e. The molecule has 132 valence electrons. The van der Waals surface area contributed by atoms with Crippen LogP contribution in [0.3, 0.4) is 0 Å². The van der Waals surface area contributed by atoms with Crippen LogP contribution in [0.15, 0.2) is 29.3 Å². The fourth-order valence-electron chi connectivity index (χ4n) is 2.90. The number of likely N-dealkylation sites (tertiary alicyclic amines) is 1. The molecule has 0 saturated carbocycles. The average molecular weight is 330 g/mol. The predicted octanol–water partition coefficient (Wildman–Crippen LogP) is 2.40. The quantitative estimate of drug-likeness (QED) is 0.474. The molecule has 0 unspecified atom stereocenters. The summed E-state index contributed by atoms with van der Waals surface area (Å²) in [6, 6.07) is 8.60. The number of carbonyl (C=O) groups excluding carboxylic acids is 1. The van der Waals surface area contributed by atoms with E-state index in [1.165, 1.54) is 11.1 Å². The molecule has 0 aliphatic carbocycles. The van der Waals surface area contributed by atoms with Crippen LogP contribution in [0.4, 0.5) is 0 Å². The van der Waals surface area contributed by atoms with Crippen LogP contribution in [0.25, 0.3) is 0 Å². The molecule has 1 N–H and O–H groups in total. The number of rotatable bonds is 7. The molecule has 1 aromatic rings. The zero-order chi connectivity index (χ0) is 17.4. The lowest BCUT2D eigenvalue weighted by Gasteiger charge is -2.22. The van der Waals surface area contributed by atoms with E-state index < -0.39 is 0 Å². The van der Waals surface area contributed by atoms with Gasteiger partial charge in [-0.2, -0.15) is 0 Å². The number of guanidine groups is 1. The molecular weight excluding hydrogens is 300 g/mol. The van der Waals surface area contributed by atoms with Gasteiger partial charge in [0.15, 0.2) is 5.96 Å². The van der Waals surface area contributed by atoms with E-state index in [9.17, 15) is 4.79 Å². The number of benzene rings is 1. The van der Waals surface area contributed by atoms with Gasteiger partial charge in [0.25, 0.3) is 0 Å². The molecule has 1 aromatic carbocycles. The van der Waals surface area contributed by atoms with Crippen molar-refractivity contribution in [2.24, 2.45) is 4.99 Å². The second-order valence-electron chi connectivity index (χ2n) is 6.42. The first kappa shape index (κ1) is 18.3. The van der Waals surface area contributed by atoms with Gasteiger partial charge in [-0.15, -0.1) is 0 Å². The van der Waals surface area contributed by atoms with Gasteiger partial charge in [-0.25, -0.2) is 0 Å². The molecular formula is C19H30N4O. The largest absolute Gasteiger partial charge is 0.357 e. The first-order valence-corrected chi connectivity index (χ1v) is 8.93. The van der Waals surface area contributed by atoms with Crippen LogP contribution in [0.2, 0.25) is 0 Å². The molecule has 1 aliphatic rings. The summed E-state index contributed by atoms with van der Waals surface area (Å²) in [6.45, 7) is 8.34. The summed E-state index contributed by atoms with van der Waals surface area (Å²) < 4.78 is 0. The second kappa shape index (κ2) is 9.30. The van der Waals surface area contributed by atoms with Crippen LogP contribution in [0.5, 0.6) is 0 Å². The van der Waals surface area contributed by atoms with Gasteiger partial charge in [-0.3, -0.25) is 9.79 Å². The average Bonchev–Trinajstić information content (AvgIpc) is 2.97. The highest BCUT2D eigenvalue weighted by Crippen LogP contribution is 2.10. The third-order valence-corrected chi connectivity index (χ3v) is 4.26. The van der Waals surface area contributed by atoms with Crippen molar-refractivity contribution in [3.8, 4) is 0 Å². The molecule has 1 aliphatic heterocycles. The smallest absolute Gasteiger partial charge is 0.222 e. The lowest BCUT2D eigenvalue weighted by molar-refractivity contribution is -0.127. The zero-order valence-electron chi connectivity index (χ0n) is 15.2. The van der Waals surface area contributed by atoms with Crippen molar-refractivity contribution in [2.75, 3.05) is 33.2 Å². The van der Waals surface area contributed by atoms with Crippen molar-refractivity contribution in [1.29, 1.82) is 0 Å². The maximum absolute atomic E-state index is 11.6. The van der Waals surface area contributed by atoms with E-state index in [1.54, 1.807) is 0 Å². The first-order valence-electron chi connectivity index (χ1n) is 8.93. The van der Waals surface area contributed by atoms with Crippen molar-refractivity contribution < 1.29 is 4.79 Å². The van der Waals surface area contributed by atoms with Crippen LogP contribution in [0.1, 0.15) is 37.3 Å². The Morgan fingerprint density at radius 3 is 2.71 bits per heavy atom. The van der Waals surface area contributed by atoms with Gasteiger partial charge in [0, 0.05) is 46.2 Å². The third kappa shape index (κ3) is 5.55. The Morgan fingerprint density at radius 2 is 2.08 bits per heavy atom. The Balaban J connectivity index is 1.84. The van der Waals surface area contributed by atoms with Crippen molar-refractivity contribution in [3.63, 3.8) is 0 Å². The van der Waals surface area contributed by atoms with Crippen molar-refractivity contribution >= 4 is 11.9 Å². The summed E-state index contributed by atoms with van der Waals surface area (Å²) in [6.07, 6.45) is 2.63. The molecule has 0 spiro atoms. The summed E-state index contributed by atoms with van der Waals surface area (Å²) in [5.74, 6) is 1.22. The standard InChI is InChI=1S/C19H30N4O/c1-4-20-19(21-12-6-14-23-13-5-7-18(23)24)22(3)15-17-10-8-16(2)9-11-17/h8-11H,4-7,12-15H2,1-3H3,(H,20,21). The highest BCUT2D eigenvalue weighted by atomic mass is 16.2. The predicted molar refractivity (Wildman–Crippen MR) is 99.1 cm³/mol. The Morgan fingerprint density at radius 1 is 1.33 bits per heavy atom. The SMILES string of the molecule is CCNC(=NCCCN1CCCC1=O)N(C)Cc1ccc(C)cc1. The Kier molecular flexibility index (Phi) is 7.09. The molecule has 5 nitrogen and oxygen atoms in total. The van der Waals surface area contributed by atoms with Gasteiger partial charge in [0.1, 0.15) is 0 Å². The number of nitrogens with zero attached hydrogens (tertiary/aromatic N) is 3. The molecule has 1 heterocycles. The number of aliphatic imine (C=N–C) groups is 1. The Labute approximate surface area is 145 Å². The summed E-state index contributed by atoms with van der Waals surface area (Å²) in [5, 5.41) is 3.35. The molecule has 0 aromatic heterocycles. The highest BCUT2D eigenvalue weighted by Gasteiger charge is 2.18. The maximum atomic E-state index is 11.6. The first-order chi connectivity index (χ1) is 11.6. The minimum absolute atomic E-state index is 0.294. The molecule has 1 saturated heterocycles. The third-order valence-electron chi connectivity index (χ3n) is 4.26. The monoisotopic (exact) mass is 330 g/mol. The van der Waals surface area contributed by atoms with E-state index in [0.29, 0.717) is 12.3 Å². The zero-order valence-corrected chi connectivity index (χ0v) is 15.2. The number of nitrogens with one attached hydrogen (secondary N) is 1. The summed E-state index contributed by atoms with van der Waals surface area (Å²) in [7, 11) is 2.06. The molecule has 5 heteroatoms. The van der Waals surface area contributed by atoms with Crippen LogP contribution in [-0.4, -0.2) is 54.9 Å². The van der Waals surface area contributed by atoms with Gasteiger partial charge in [0.2, 0.25) is 5.91 Å². The van der Waals surface area contributed by atoms with E-state index in [0.717, 1.165) is 51.5 Å². The van der Waals surface area contributed by atoms with Gasteiger partial charge in [-0.05, 0) is 32.3 Å². The van der Waals surface area contributed by atoms with E-state index in [4.69, 9.17) is 4.99 Å². The minimum atomic E-state index is 0.294. The normalized spacial score (nSPS) is 15.0. The van der Waals surface area contributed by atoms with E-state index >= 15 is 0 Å². The summed E-state index contributed by atoms with van der Waals surface area (Å²) in [5.41, 5.74) is 2.55. The number of amides is 1. The van der Waals surface area contributed by atoms with Gasteiger partial charge in [0.05, 0.1) is 0 Å². The van der Waals surface area contributed by atoms with Crippen molar-refractivity contribution in [3.05, 3.63) is 35.4 Å². The molecule has 24 heavy (non-hydrogen) atoms. The lowest BCUT2D eigenvalue weighted by atomic mass is 10.1. The molecule has 1 amide bonds. The van der Waals surface area contributed by atoms with Crippen LogP contribution in [-0.2, 0) is 11.3 Å². The topological polar surface area (TPSA) is 47.9 Å². The van der Waals surface area contributed by atoms with Crippen molar-refractivity contribution in [2.45, 2.75) is 39.7 Å². The fourth-order valence-corrected chi connectivity index (χ4v) is 2.90. The van der Waals surface area contributed by atoms with Crippen LogP contribution < -0.4 is 5.32 Å².